The number of para-hydroxylation sites is 1. The SMILES string of the molecule is NCCc1ccc(CNc2cccc(F)c2[N+](=O)[O-])cc1. The summed E-state index contributed by atoms with van der Waals surface area (Å²) in [4.78, 5) is 10.2. The van der Waals surface area contributed by atoms with Gasteiger partial charge >= 0.3 is 5.69 Å². The van der Waals surface area contributed by atoms with Gasteiger partial charge in [-0.05, 0) is 36.2 Å². The highest BCUT2D eigenvalue weighted by molar-refractivity contribution is 5.62. The van der Waals surface area contributed by atoms with E-state index in [9.17, 15) is 14.5 Å². The molecule has 0 aliphatic carbocycles. The quantitative estimate of drug-likeness (QED) is 0.633. The first-order chi connectivity index (χ1) is 10.1. The topological polar surface area (TPSA) is 81.2 Å². The Morgan fingerprint density at radius 2 is 1.81 bits per heavy atom. The molecule has 21 heavy (non-hydrogen) atoms. The predicted octanol–water partition coefficient (Wildman–Crippen LogP) is 2.85. The molecule has 0 radical (unpaired) electrons. The maximum Gasteiger partial charge on any atom is 0.327 e. The molecule has 0 bridgehead atoms. The standard InChI is InChI=1S/C15H16FN3O2/c16-13-2-1-3-14(15(13)19(20)21)18-10-12-6-4-11(5-7-12)8-9-17/h1-7,18H,8-10,17H2. The molecule has 0 spiro atoms. The summed E-state index contributed by atoms with van der Waals surface area (Å²) in [6.45, 7) is 0.973. The molecule has 0 fully saturated rings. The summed E-state index contributed by atoms with van der Waals surface area (Å²) in [6, 6.07) is 11.8. The Balaban J connectivity index is 2.09. The predicted molar refractivity (Wildman–Crippen MR) is 79.6 cm³/mol. The van der Waals surface area contributed by atoms with Crippen molar-refractivity contribution in [1.82, 2.24) is 0 Å². The second-order valence-corrected chi connectivity index (χ2v) is 4.60. The lowest BCUT2D eigenvalue weighted by Gasteiger charge is -2.08. The third-order valence-corrected chi connectivity index (χ3v) is 3.11. The summed E-state index contributed by atoms with van der Waals surface area (Å²) in [5, 5.41) is 13.8. The number of anilines is 1. The van der Waals surface area contributed by atoms with Crippen molar-refractivity contribution in [3.63, 3.8) is 0 Å². The molecule has 0 saturated carbocycles. The van der Waals surface area contributed by atoms with Gasteiger partial charge in [0.15, 0.2) is 0 Å². The molecule has 0 aliphatic heterocycles. The van der Waals surface area contributed by atoms with E-state index >= 15 is 0 Å². The first kappa shape index (κ1) is 14.9. The van der Waals surface area contributed by atoms with Crippen LogP contribution < -0.4 is 11.1 Å². The fraction of sp³-hybridized carbons (Fsp3) is 0.200. The Morgan fingerprint density at radius 1 is 1.14 bits per heavy atom. The minimum atomic E-state index is -0.844. The fourth-order valence-electron chi connectivity index (χ4n) is 2.03. The first-order valence-corrected chi connectivity index (χ1v) is 6.56. The molecule has 5 nitrogen and oxygen atoms in total. The number of nitrogens with zero attached hydrogens (tertiary/aromatic N) is 1. The van der Waals surface area contributed by atoms with Crippen molar-refractivity contribution in [1.29, 1.82) is 0 Å². The molecule has 2 aromatic carbocycles. The van der Waals surface area contributed by atoms with E-state index in [0.717, 1.165) is 23.6 Å². The van der Waals surface area contributed by atoms with Crippen molar-refractivity contribution in [3.8, 4) is 0 Å². The number of halogens is 1. The van der Waals surface area contributed by atoms with E-state index < -0.39 is 16.4 Å². The van der Waals surface area contributed by atoms with Gasteiger partial charge in [0.2, 0.25) is 5.82 Å². The van der Waals surface area contributed by atoms with Crippen molar-refractivity contribution in [3.05, 3.63) is 69.5 Å². The van der Waals surface area contributed by atoms with Gasteiger partial charge in [0.25, 0.3) is 0 Å². The molecule has 110 valence electrons. The minimum absolute atomic E-state index is 0.172. The Kier molecular flexibility index (Phi) is 4.84. The first-order valence-electron chi connectivity index (χ1n) is 6.56. The Morgan fingerprint density at radius 3 is 2.43 bits per heavy atom. The van der Waals surface area contributed by atoms with E-state index in [1.165, 1.54) is 12.1 Å². The maximum atomic E-state index is 13.5. The Labute approximate surface area is 121 Å². The van der Waals surface area contributed by atoms with Crippen LogP contribution in [0.5, 0.6) is 0 Å². The van der Waals surface area contributed by atoms with Crippen LogP contribution >= 0.6 is 0 Å². The molecule has 2 rings (SSSR count). The van der Waals surface area contributed by atoms with Gasteiger partial charge in [0.1, 0.15) is 5.69 Å². The maximum absolute atomic E-state index is 13.5. The van der Waals surface area contributed by atoms with Crippen LogP contribution in [-0.2, 0) is 13.0 Å². The van der Waals surface area contributed by atoms with Gasteiger partial charge in [0, 0.05) is 6.54 Å². The zero-order valence-corrected chi connectivity index (χ0v) is 11.4. The van der Waals surface area contributed by atoms with Gasteiger partial charge in [-0.2, -0.15) is 4.39 Å². The normalized spacial score (nSPS) is 10.4. The van der Waals surface area contributed by atoms with E-state index in [2.05, 4.69) is 5.32 Å². The summed E-state index contributed by atoms with van der Waals surface area (Å²) >= 11 is 0. The van der Waals surface area contributed by atoms with Crippen LogP contribution in [0.25, 0.3) is 0 Å². The molecule has 2 aromatic rings. The molecule has 0 atom stereocenters. The highest BCUT2D eigenvalue weighted by Crippen LogP contribution is 2.27. The molecule has 0 saturated heterocycles. The van der Waals surface area contributed by atoms with Crippen molar-refractivity contribution >= 4 is 11.4 Å². The second kappa shape index (κ2) is 6.81. The van der Waals surface area contributed by atoms with Gasteiger partial charge < -0.3 is 11.1 Å². The molecule has 0 aliphatic rings. The van der Waals surface area contributed by atoms with Gasteiger partial charge in [0.05, 0.1) is 4.92 Å². The molecular formula is C15H16FN3O2. The van der Waals surface area contributed by atoms with E-state index in [0.29, 0.717) is 13.1 Å². The molecule has 0 aromatic heterocycles. The number of hydrogen-bond acceptors (Lipinski definition) is 4. The highest BCUT2D eigenvalue weighted by Gasteiger charge is 2.19. The average Bonchev–Trinajstić information content (AvgIpc) is 2.46. The van der Waals surface area contributed by atoms with Gasteiger partial charge in [-0.3, -0.25) is 10.1 Å². The fourth-order valence-corrected chi connectivity index (χ4v) is 2.03. The van der Waals surface area contributed by atoms with E-state index in [-0.39, 0.29) is 5.69 Å². The third-order valence-electron chi connectivity index (χ3n) is 3.11. The highest BCUT2D eigenvalue weighted by atomic mass is 19.1. The van der Waals surface area contributed by atoms with Crippen LogP contribution in [-0.4, -0.2) is 11.5 Å². The lowest BCUT2D eigenvalue weighted by Crippen LogP contribution is -2.05. The van der Waals surface area contributed by atoms with E-state index in [1.54, 1.807) is 0 Å². The van der Waals surface area contributed by atoms with Crippen LogP contribution in [0.4, 0.5) is 15.8 Å². The van der Waals surface area contributed by atoms with Crippen LogP contribution in [0.15, 0.2) is 42.5 Å². The molecule has 0 heterocycles. The monoisotopic (exact) mass is 289 g/mol. The van der Waals surface area contributed by atoms with Crippen LogP contribution in [0.1, 0.15) is 11.1 Å². The number of nitro benzene ring substituents is 1. The summed E-state index contributed by atoms with van der Waals surface area (Å²) < 4.78 is 13.5. The van der Waals surface area contributed by atoms with Gasteiger partial charge in [-0.15, -0.1) is 0 Å². The van der Waals surface area contributed by atoms with Crippen LogP contribution in [0.3, 0.4) is 0 Å². The van der Waals surface area contributed by atoms with Crippen molar-refractivity contribution in [2.24, 2.45) is 5.73 Å². The van der Waals surface area contributed by atoms with Gasteiger partial charge in [-0.25, -0.2) is 0 Å². The van der Waals surface area contributed by atoms with E-state index in [4.69, 9.17) is 5.73 Å². The lowest BCUT2D eigenvalue weighted by molar-refractivity contribution is -0.386. The van der Waals surface area contributed by atoms with Crippen molar-refractivity contribution in [2.45, 2.75) is 13.0 Å². The number of nitro groups is 1. The summed E-state index contributed by atoms with van der Waals surface area (Å²) in [7, 11) is 0. The molecule has 6 heteroatoms. The zero-order valence-electron chi connectivity index (χ0n) is 11.4. The lowest BCUT2D eigenvalue weighted by atomic mass is 10.1. The van der Waals surface area contributed by atoms with Gasteiger partial charge in [-0.1, -0.05) is 30.3 Å². The third kappa shape index (κ3) is 3.76. The zero-order chi connectivity index (χ0) is 15.2. The van der Waals surface area contributed by atoms with Crippen LogP contribution in [0, 0.1) is 15.9 Å². The Bertz CT molecular complexity index is 629. The summed E-state index contributed by atoms with van der Waals surface area (Å²) in [5.74, 6) is -0.844. The number of nitrogens with two attached hydrogens (primary N) is 1. The Hall–Kier alpha value is -2.47. The average molecular weight is 289 g/mol. The largest absolute Gasteiger partial charge is 0.375 e. The number of hydrogen-bond donors (Lipinski definition) is 2. The van der Waals surface area contributed by atoms with Crippen LogP contribution in [0.2, 0.25) is 0 Å². The molecule has 3 N–H and O–H groups in total. The van der Waals surface area contributed by atoms with Crippen molar-refractivity contribution in [2.75, 3.05) is 11.9 Å². The minimum Gasteiger partial charge on any atom is -0.375 e. The van der Waals surface area contributed by atoms with E-state index in [1.807, 2.05) is 24.3 Å². The molecule has 0 unspecified atom stereocenters. The summed E-state index contributed by atoms with van der Waals surface area (Å²) in [6.07, 6.45) is 0.809. The number of nitrogens with one attached hydrogen (secondary N) is 1. The van der Waals surface area contributed by atoms with Crippen molar-refractivity contribution < 1.29 is 9.31 Å². The molecular weight excluding hydrogens is 273 g/mol. The number of rotatable bonds is 6. The molecule has 0 amide bonds. The summed E-state index contributed by atoms with van der Waals surface area (Å²) in [5.41, 5.74) is 7.21. The number of benzene rings is 2. The second-order valence-electron chi connectivity index (χ2n) is 4.60. The smallest absolute Gasteiger partial charge is 0.327 e.